The highest BCUT2D eigenvalue weighted by molar-refractivity contribution is 7.92. The Hall–Kier alpha value is -2.71. The van der Waals surface area contributed by atoms with Crippen molar-refractivity contribution in [3.63, 3.8) is 0 Å². The molecule has 0 radical (unpaired) electrons. The third kappa shape index (κ3) is 5.85. The van der Waals surface area contributed by atoms with Gasteiger partial charge in [0.15, 0.2) is 0 Å². The summed E-state index contributed by atoms with van der Waals surface area (Å²) in [4.78, 5) is 17.9. The molecule has 0 amide bonds. The van der Waals surface area contributed by atoms with Crippen LogP contribution in [0, 0.1) is 12.3 Å². The molecule has 1 N–H and O–H groups in total. The first-order valence-electron chi connectivity index (χ1n) is 11.1. The molecule has 0 saturated carbocycles. The van der Waals surface area contributed by atoms with Crippen LogP contribution in [0.5, 0.6) is 5.75 Å². The van der Waals surface area contributed by atoms with Crippen LogP contribution in [0.15, 0.2) is 47.4 Å². The van der Waals surface area contributed by atoms with Crippen molar-refractivity contribution < 1.29 is 17.9 Å². The molecule has 0 atom stereocenters. The summed E-state index contributed by atoms with van der Waals surface area (Å²) in [6.07, 6.45) is 0.254. The minimum Gasteiger partial charge on any atom is -0.495 e. The van der Waals surface area contributed by atoms with Crippen LogP contribution in [0.1, 0.15) is 56.8 Å². The second-order valence-corrected chi connectivity index (χ2v) is 12.4. The number of rotatable bonds is 8. The number of carbonyl (C=O) groups excluding carboxylic acids is 1. The van der Waals surface area contributed by atoms with E-state index in [9.17, 15) is 13.2 Å². The van der Waals surface area contributed by atoms with E-state index in [1.165, 1.54) is 18.4 Å². The molecule has 182 valence electrons. The van der Waals surface area contributed by atoms with Gasteiger partial charge in [0.25, 0.3) is 10.0 Å². The highest BCUT2D eigenvalue weighted by Gasteiger charge is 2.25. The number of ether oxygens (including phenoxy) is 1. The molecule has 0 aliphatic rings. The number of hydrogen-bond donors (Lipinski definition) is 1. The molecule has 0 aliphatic carbocycles. The summed E-state index contributed by atoms with van der Waals surface area (Å²) in [6, 6.07) is 12.4. The number of benzene rings is 2. The van der Waals surface area contributed by atoms with Crippen molar-refractivity contribution in [1.29, 1.82) is 0 Å². The fraction of sp³-hybridized carbons (Fsp3) is 0.385. The highest BCUT2D eigenvalue weighted by atomic mass is 32.2. The molecule has 0 unspecified atom stereocenters. The number of sulfonamides is 1. The van der Waals surface area contributed by atoms with Gasteiger partial charge in [-0.2, -0.15) is 0 Å². The normalized spacial score (nSPS) is 12.1. The first-order chi connectivity index (χ1) is 15.8. The second kappa shape index (κ2) is 9.88. The Morgan fingerprint density at radius 2 is 1.76 bits per heavy atom. The predicted molar refractivity (Wildman–Crippen MR) is 138 cm³/mol. The Morgan fingerprint density at radius 1 is 1.12 bits per heavy atom. The van der Waals surface area contributed by atoms with Crippen molar-refractivity contribution >= 4 is 32.8 Å². The molecule has 3 aromatic rings. The minimum atomic E-state index is -3.91. The van der Waals surface area contributed by atoms with Crippen molar-refractivity contribution in [3.05, 3.63) is 58.7 Å². The SMILES string of the molecule is COc1ccc(-c2sc(CC(=O)C(C)(C)C)nc2C)cc1S(=O)(=O)Nc1ccc(C(C)C)cc1. The number of nitrogens with one attached hydrogen (secondary N) is 1. The topological polar surface area (TPSA) is 85.4 Å². The first kappa shape index (κ1) is 25.9. The van der Waals surface area contributed by atoms with E-state index in [1.54, 1.807) is 24.3 Å². The van der Waals surface area contributed by atoms with Gasteiger partial charge in [-0.05, 0) is 54.3 Å². The van der Waals surface area contributed by atoms with Crippen molar-refractivity contribution in [2.24, 2.45) is 5.41 Å². The van der Waals surface area contributed by atoms with E-state index in [4.69, 9.17) is 4.74 Å². The van der Waals surface area contributed by atoms with Crippen molar-refractivity contribution in [1.82, 2.24) is 4.98 Å². The fourth-order valence-electron chi connectivity index (χ4n) is 3.37. The van der Waals surface area contributed by atoms with Gasteiger partial charge in [-0.1, -0.05) is 46.8 Å². The molecule has 1 aromatic heterocycles. The van der Waals surface area contributed by atoms with Crippen LogP contribution in [0.3, 0.4) is 0 Å². The Bertz CT molecular complexity index is 1290. The molecule has 6 nitrogen and oxygen atoms in total. The zero-order valence-electron chi connectivity index (χ0n) is 20.7. The van der Waals surface area contributed by atoms with Gasteiger partial charge in [0.1, 0.15) is 21.4 Å². The summed E-state index contributed by atoms with van der Waals surface area (Å²) in [5, 5.41) is 0.719. The monoisotopic (exact) mass is 500 g/mol. The number of nitrogens with zero attached hydrogens (tertiary/aromatic N) is 1. The van der Waals surface area contributed by atoms with Gasteiger partial charge in [0, 0.05) is 11.1 Å². The molecule has 0 fully saturated rings. The second-order valence-electron chi connectivity index (χ2n) is 9.62. The lowest BCUT2D eigenvalue weighted by Crippen LogP contribution is -2.21. The Balaban J connectivity index is 1.95. The smallest absolute Gasteiger partial charge is 0.265 e. The van der Waals surface area contributed by atoms with Gasteiger partial charge >= 0.3 is 0 Å². The van der Waals surface area contributed by atoms with Crippen LogP contribution in [-0.4, -0.2) is 26.3 Å². The minimum absolute atomic E-state index is 0.0422. The molecule has 0 bridgehead atoms. The summed E-state index contributed by atoms with van der Waals surface area (Å²) in [5.74, 6) is 0.715. The van der Waals surface area contributed by atoms with E-state index in [0.29, 0.717) is 17.2 Å². The number of anilines is 1. The molecule has 0 saturated heterocycles. The molecule has 2 aromatic carbocycles. The van der Waals surface area contributed by atoms with Crippen LogP contribution >= 0.6 is 11.3 Å². The maximum absolute atomic E-state index is 13.3. The van der Waals surface area contributed by atoms with Crippen LogP contribution < -0.4 is 9.46 Å². The third-order valence-corrected chi connectivity index (χ3v) is 8.14. The molecule has 0 spiro atoms. The van der Waals surface area contributed by atoms with Crippen molar-refractivity contribution in [2.75, 3.05) is 11.8 Å². The molecule has 34 heavy (non-hydrogen) atoms. The van der Waals surface area contributed by atoms with Crippen LogP contribution in [-0.2, 0) is 21.2 Å². The number of ketones is 1. The quantitative estimate of drug-likeness (QED) is 0.397. The Labute approximate surface area is 206 Å². The standard InChI is InChI=1S/C26H32N2O4S2/c1-16(2)18-8-11-20(12-9-18)28-34(30,31)22-14-19(10-13-21(22)32-7)25-17(3)27-24(33-25)15-23(29)26(4,5)6/h8-14,16,28H,15H2,1-7H3. The average molecular weight is 501 g/mol. The molecular weight excluding hydrogens is 468 g/mol. The predicted octanol–water partition coefficient (Wildman–Crippen LogP) is 6.21. The van der Waals surface area contributed by atoms with E-state index < -0.39 is 15.4 Å². The molecule has 8 heteroatoms. The summed E-state index contributed by atoms with van der Waals surface area (Å²) >= 11 is 1.41. The lowest BCUT2D eigenvalue weighted by atomic mass is 9.89. The van der Waals surface area contributed by atoms with Crippen LogP contribution in [0.25, 0.3) is 10.4 Å². The van der Waals surface area contributed by atoms with Crippen LogP contribution in [0.2, 0.25) is 0 Å². The Morgan fingerprint density at radius 3 is 2.32 bits per heavy atom. The largest absolute Gasteiger partial charge is 0.495 e. The van der Waals surface area contributed by atoms with Gasteiger partial charge in [0.05, 0.1) is 24.1 Å². The van der Waals surface area contributed by atoms with E-state index >= 15 is 0 Å². The number of carbonyl (C=O) groups is 1. The molecule has 0 aliphatic heterocycles. The lowest BCUT2D eigenvalue weighted by Gasteiger charge is -2.15. The van der Waals surface area contributed by atoms with Crippen molar-refractivity contribution in [2.45, 2.75) is 58.8 Å². The maximum Gasteiger partial charge on any atom is 0.265 e. The van der Waals surface area contributed by atoms with E-state index in [1.807, 2.05) is 45.9 Å². The number of methoxy groups -OCH3 is 1. The van der Waals surface area contributed by atoms with Gasteiger partial charge in [-0.15, -0.1) is 11.3 Å². The molecule has 3 rings (SSSR count). The van der Waals surface area contributed by atoms with Crippen molar-refractivity contribution in [3.8, 4) is 16.2 Å². The van der Waals surface area contributed by atoms with E-state index in [0.717, 1.165) is 21.1 Å². The summed E-state index contributed by atoms with van der Waals surface area (Å²) in [7, 11) is -2.46. The zero-order chi connectivity index (χ0) is 25.3. The fourth-order valence-corrected chi connectivity index (χ4v) is 5.69. The van der Waals surface area contributed by atoms with Gasteiger partial charge in [0.2, 0.25) is 0 Å². The number of aryl methyl sites for hydroxylation is 1. The zero-order valence-corrected chi connectivity index (χ0v) is 22.4. The van der Waals surface area contributed by atoms with Gasteiger partial charge in [-0.3, -0.25) is 9.52 Å². The van der Waals surface area contributed by atoms with E-state index in [2.05, 4.69) is 23.6 Å². The van der Waals surface area contributed by atoms with E-state index in [-0.39, 0.29) is 22.8 Å². The molecule has 1 heterocycles. The third-order valence-electron chi connectivity index (χ3n) is 5.53. The first-order valence-corrected chi connectivity index (χ1v) is 13.4. The molecular formula is C26H32N2O4S2. The summed E-state index contributed by atoms with van der Waals surface area (Å²) in [5.41, 5.74) is 2.63. The average Bonchev–Trinajstić information content (AvgIpc) is 3.12. The number of hydrogen-bond acceptors (Lipinski definition) is 6. The number of thiazole rings is 1. The number of aromatic nitrogens is 1. The van der Waals surface area contributed by atoms with Gasteiger partial charge < -0.3 is 4.74 Å². The van der Waals surface area contributed by atoms with Crippen LogP contribution in [0.4, 0.5) is 5.69 Å². The summed E-state index contributed by atoms with van der Waals surface area (Å²) in [6.45, 7) is 11.7. The lowest BCUT2D eigenvalue weighted by molar-refractivity contribution is -0.125. The Kier molecular flexibility index (Phi) is 7.53. The highest BCUT2D eigenvalue weighted by Crippen LogP contribution is 2.36. The summed E-state index contributed by atoms with van der Waals surface area (Å²) < 4.78 is 34.6. The maximum atomic E-state index is 13.3. The van der Waals surface area contributed by atoms with Gasteiger partial charge in [-0.25, -0.2) is 13.4 Å². The number of Topliss-reactive ketones (excluding diaryl/α,β-unsaturated/α-hetero) is 1.